The molecular weight excluding hydrogens is 276 g/mol. The normalized spacial score (nSPS) is 19.5. The average molecular weight is 293 g/mol. The number of aryl methyl sites for hydroxylation is 1. The van der Waals surface area contributed by atoms with Crippen molar-refractivity contribution >= 4 is 26.8 Å². The summed E-state index contributed by atoms with van der Waals surface area (Å²) < 4.78 is 1.16. The van der Waals surface area contributed by atoms with Crippen LogP contribution in [0.1, 0.15) is 37.1 Å². The van der Waals surface area contributed by atoms with Gasteiger partial charge in [0, 0.05) is 27.1 Å². The van der Waals surface area contributed by atoms with E-state index in [0.717, 1.165) is 11.0 Å². The fourth-order valence-corrected chi connectivity index (χ4v) is 3.25. The molecule has 1 aromatic heterocycles. The lowest BCUT2D eigenvalue weighted by atomic mass is 9.92. The molecule has 2 N–H and O–H groups in total. The fourth-order valence-electron chi connectivity index (χ4n) is 2.89. The Balaban J connectivity index is 2.15. The Labute approximate surface area is 110 Å². The lowest BCUT2D eigenvalue weighted by Crippen LogP contribution is -2.24. The van der Waals surface area contributed by atoms with E-state index in [1.54, 1.807) is 0 Å². The lowest BCUT2D eigenvalue weighted by Gasteiger charge is -2.23. The van der Waals surface area contributed by atoms with Crippen LogP contribution in [0, 0.1) is 0 Å². The second-order valence-electron chi connectivity index (χ2n) is 4.71. The number of hydrogen-bond acceptors (Lipinski definition) is 1. The van der Waals surface area contributed by atoms with E-state index < -0.39 is 0 Å². The maximum absolute atomic E-state index is 3.59. The first-order valence-electron chi connectivity index (χ1n) is 6.33. The van der Waals surface area contributed by atoms with Crippen LogP contribution >= 0.6 is 15.9 Å². The molecule has 0 bridgehead atoms. The number of halogens is 1. The third-order valence-corrected chi connectivity index (χ3v) is 4.11. The van der Waals surface area contributed by atoms with Crippen LogP contribution in [0.15, 0.2) is 22.7 Å². The highest BCUT2D eigenvalue weighted by Crippen LogP contribution is 2.35. The van der Waals surface area contributed by atoms with Crippen LogP contribution in [-0.4, -0.2) is 11.5 Å². The number of fused-ring (bicyclic) bond motifs is 3. The van der Waals surface area contributed by atoms with Crippen LogP contribution in [0.2, 0.25) is 0 Å². The van der Waals surface area contributed by atoms with Gasteiger partial charge in [-0.05, 0) is 49.6 Å². The zero-order valence-electron chi connectivity index (χ0n) is 10.0. The average Bonchev–Trinajstić information content (AvgIpc) is 2.69. The van der Waals surface area contributed by atoms with Crippen molar-refractivity contribution in [2.45, 2.75) is 32.2 Å². The van der Waals surface area contributed by atoms with Gasteiger partial charge in [-0.2, -0.15) is 0 Å². The van der Waals surface area contributed by atoms with E-state index in [0.29, 0.717) is 6.04 Å². The van der Waals surface area contributed by atoms with Gasteiger partial charge in [0.05, 0.1) is 0 Å². The van der Waals surface area contributed by atoms with Gasteiger partial charge < -0.3 is 10.3 Å². The van der Waals surface area contributed by atoms with Gasteiger partial charge in [0.2, 0.25) is 0 Å². The molecule has 0 amide bonds. The van der Waals surface area contributed by atoms with Crippen molar-refractivity contribution in [1.82, 2.24) is 10.3 Å². The summed E-state index contributed by atoms with van der Waals surface area (Å²) in [6, 6.07) is 7.02. The van der Waals surface area contributed by atoms with Gasteiger partial charge in [-0.3, -0.25) is 0 Å². The van der Waals surface area contributed by atoms with Gasteiger partial charge in [-0.25, -0.2) is 0 Å². The highest BCUT2D eigenvalue weighted by atomic mass is 79.9. The molecule has 1 heterocycles. The fraction of sp³-hybridized carbons (Fsp3) is 0.429. The molecule has 0 aliphatic heterocycles. The predicted octanol–water partition coefficient (Wildman–Crippen LogP) is 3.92. The number of nitrogens with one attached hydrogen (secondary N) is 2. The standard InChI is InChI=1S/C14H17BrN2/c1-2-16-13-5-3-4-10-11-8-9(15)6-7-12(11)17-14(10)13/h6-8,13,16-17H,2-5H2,1H3. The predicted molar refractivity (Wildman–Crippen MR) is 75.4 cm³/mol. The molecule has 2 aromatic rings. The number of aromatic amines is 1. The summed E-state index contributed by atoms with van der Waals surface area (Å²) in [7, 11) is 0. The molecule has 0 saturated heterocycles. The first-order chi connectivity index (χ1) is 8.29. The smallest absolute Gasteiger partial charge is 0.0476 e. The van der Waals surface area contributed by atoms with Crippen LogP contribution in [0.25, 0.3) is 10.9 Å². The van der Waals surface area contributed by atoms with Crippen molar-refractivity contribution in [3.05, 3.63) is 33.9 Å². The number of rotatable bonds is 2. The lowest BCUT2D eigenvalue weighted by molar-refractivity contribution is 0.465. The van der Waals surface area contributed by atoms with Crippen molar-refractivity contribution < 1.29 is 0 Å². The summed E-state index contributed by atoms with van der Waals surface area (Å²) in [4.78, 5) is 3.59. The van der Waals surface area contributed by atoms with Crippen LogP contribution in [0.4, 0.5) is 0 Å². The minimum atomic E-state index is 0.509. The quantitative estimate of drug-likeness (QED) is 0.863. The van der Waals surface area contributed by atoms with Crippen LogP contribution in [0.5, 0.6) is 0 Å². The zero-order chi connectivity index (χ0) is 11.8. The largest absolute Gasteiger partial charge is 0.357 e. The van der Waals surface area contributed by atoms with Crippen molar-refractivity contribution in [3.63, 3.8) is 0 Å². The molecule has 1 aromatic carbocycles. The second-order valence-corrected chi connectivity index (χ2v) is 5.63. The molecule has 0 saturated carbocycles. The SMILES string of the molecule is CCNC1CCCc2c1[nH]c1ccc(Br)cc21. The summed E-state index contributed by atoms with van der Waals surface area (Å²) in [6.45, 7) is 3.21. The zero-order valence-corrected chi connectivity index (χ0v) is 11.6. The Kier molecular flexibility index (Phi) is 2.97. The first kappa shape index (κ1) is 11.3. The monoisotopic (exact) mass is 292 g/mol. The highest BCUT2D eigenvalue weighted by Gasteiger charge is 2.23. The molecule has 1 atom stereocenters. The maximum Gasteiger partial charge on any atom is 0.0476 e. The molecular formula is C14H17BrN2. The number of H-pyrrole nitrogens is 1. The van der Waals surface area contributed by atoms with Crippen molar-refractivity contribution in [3.8, 4) is 0 Å². The number of hydrogen-bond donors (Lipinski definition) is 2. The Morgan fingerprint density at radius 1 is 1.47 bits per heavy atom. The first-order valence-corrected chi connectivity index (χ1v) is 7.12. The van der Waals surface area contributed by atoms with E-state index in [-0.39, 0.29) is 0 Å². The Morgan fingerprint density at radius 3 is 3.18 bits per heavy atom. The Morgan fingerprint density at radius 2 is 2.35 bits per heavy atom. The maximum atomic E-state index is 3.59. The molecule has 1 aliphatic carbocycles. The van der Waals surface area contributed by atoms with E-state index in [4.69, 9.17) is 0 Å². The van der Waals surface area contributed by atoms with E-state index in [2.05, 4.69) is 51.4 Å². The summed E-state index contributed by atoms with van der Waals surface area (Å²) in [6.07, 6.45) is 3.73. The molecule has 1 aliphatic rings. The number of benzene rings is 1. The van der Waals surface area contributed by atoms with Crippen LogP contribution in [0.3, 0.4) is 0 Å². The molecule has 0 fully saturated rings. The molecule has 17 heavy (non-hydrogen) atoms. The summed E-state index contributed by atoms with van der Waals surface area (Å²) >= 11 is 3.56. The minimum absolute atomic E-state index is 0.509. The molecule has 0 radical (unpaired) electrons. The summed E-state index contributed by atoms with van der Waals surface area (Å²) in [5.74, 6) is 0. The molecule has 3 rings (SSSR count). The Bertz CT molecular complexity index is 544. The van der Waals surface area contributed by atoms with Crippen molar-refractivity contribution in [1.29, 1.82) is 0 Å². The topological polar surface area (TPSA) is 27.8 Å². The highest BCUT2D eigenvalue weighted by molar-refractivity contribution is 9.10. The van der Waals surface area contributed by atoms with Gasteiger partial charge in [0.1, 0.15) is 0 Å². The van der Waals surface area contributed by atoms with Gasteiger partial charge >= 0.3 is 0 Å². The second kappa shape index (κ2) is 4.46. The molecule has 3 heteroatoms. The van der Waals surface area contributed by atoms with Gasteiger partial charge in [0.25, 0.3) is 0 Å². The van der Waals surface area contributed by atoms with E-state index in [1.165, 1.54) is 41.4 Å². The van der Waals surface area contributed by atoms with E-state index >= 15 is 0 Å². The van der Waals surface area contributed by atoms with Crippen molar-refractivity contribution in [2.75, 3.05) is 6.54 Å². The minimum Gasteiger partial charge on any atom is -0.357 e. The van der Waals surface area contributed by atoms with Gasteiger partial charge in [-0.15, -0.1) is 0 Å². The molecule has 90 valence electrons. The van der Waals surface area contributed by atoms with Gasteiger partial charge in [0.15, 0.2) is 0 Å². The van der Waals surface area contributed by atoms with E-state index in [1.807, 2.05) is 0 Å². The van der Waals surface area contributed by atoms with Crippen molar-refractivity contribution in [2.24, 2.45) is 0 Å². The van der Waals surface area contributed by atoms with Gasteiger partial charge in [-0.1, -0.05) is 22.9 Å². The molecule has 2 nitrogen and oxygen atoms in total. The summed E-state index contributed by atoms with van der Waals surface area (Å²) in [5.41, 5.74) is 4.19. The Hall–Kier alpha value is -0.800. The third-order valence-electron chi connectivity index (χ3n) is 3.62. The number of aromatic nitrogens is 1. The van der Waals surface area contributed by atoms with Crippen LogP contribution in [-0.2, 0) is 6.42 Å². The molecule has 0 spiro atoms. The summed E-state index contributed by atoms with van der Waals surface area (Å²) in [5, 5.41) is 4.96. The van der Waals surface area contributed by atoms with Crippen LogP contribution < -0.4 is 5.32 Å². The van der Waals surface area contributed by atoms with E-state index in [9.17, 15) is 0 Å². The molecule has 1 unspecified atom stereocenters. The third kappa shape index (κ3) is 1.91.